The smallest absolute Gasteiger partial charge is 0.320 e. The van der Waals surface area contributed by atoms with Gasteiger partial charge < -0.3 is 4.57 Å². The Morgan fingerprint density at radius 2 is 1.56 bits per heavy atom. The van der Waals surface area contributed by atoms with Crippen LogP contribution < -0.4 is 0 Å². The molecule has 0 fully saturated rings. The van der Waals surface area contributed by atoms with Gasteiger partial charge >= 0.3 is 6.18 Å². The third-order valence-electron chi connectivity index (χ3n) is 4.09. The Labute approximate surface area is 151 Å². The molecule has 4 nitrogen and oxygen atoms in total. The maximum Gasteiger partial charge on any atom is 0.413 e. The monoisotopic (exact) mass is 372 g/mol. The highest BCUT2D eigenvalue weighted by molar-refractivity contribution is 5.63. The van der Waals surface area contributed by atoms with E-state index in [2.05, 4.69) is 15.0 Å². The Bertz CT molecular complexity index is 1040. The first kappa shape index (κ1) is 17.1. The van der Waals surface area contributed by atoms with Crippen molar-refractivity contribution in [3.63, 3.8) is 0 Å². The number of imidazole rings is 1. The average Bonchev–Trinajstić information content (AvgIpc) is 3.05. The zero-order valence-electron chi connectivity index (χ0n) is 13.7. The molecule has 0 saturated heterocycles. The number of benzene rings is 2. The number of hydrogen-bond acceptors (Lipinski definition) is 3. The summed E-state index contributed by atoms with van der Waals surface area (Å²) >= 11 is 0. The maximum atomic E-state index is 13.9. The minimum atomic E-state index is -4.53. The molecule has 0 amide bonds. The van der Waals surface area contributed by atoms with Gasteiger partial charge in [0.2, 0.25) is 0 Å². The molecule has 2 heterocycles. The third kappa shape index (κ3) is 3.25. The van der Waals surface area contributed by atoms with E-state index in [-0.39, 0.29) is 28.5 Å². The van der Waals surface area contributed by atoms with E-state index in [1.165, 1.54) is 36.5 Å². The van der Waals surface area contributed by atoms with Crippen LogP contribution >= 0.6 is 0 Å². The number of rotatable bonds is 3. The molecule has 27 heavy (non-hydrogen) atoms. The van der Waals surface area contributed by atoms with Crippen LogP contribution in [0.2, 0.25) is 0 Å². The van der Waals surface area contributed by atoms with Crippen molar-refractivity contribution in [2.24, 2.45) is 0 Å². The number of fused-ring (bicyclic) bond motifs is 1. The summed E-state index contributed by atoms with van der Waals surface area (Å²) in [6.07, 6.45) is -2.24. The van der Waals surface area contributed by atoms with Crippen molar-refractivity contribution in [1.29, 1.82) is 0 Å². The first-order valence-corrected chi connectivity index (χ1v) is 8.01. The van der Waals surface area contributed by atoms with Crippen LogP contribution in [0.4, 0.5) is 17.6 Å². The van der Waals surface area contributed by atoms with E-state index in [4.69, 9.17) is 0 Å². The largest absolute Gasteiger partial charge is 0.413 e. The first-order chi connectivity index (χ1) is 12.9. The lowest BCUT2D eigenvalue weighted by atomic mass is 10.1. The van der Waals surface area contributed by atoms with Crippen molar-refractivity contribution >= 4 is 0 Å². The molecule has 0 N–H and O–H groups in total. The zero-order chi connectivity index (χ0) is 19.0. The lowest BCUT2D eigenvalue weighted by molar-refractivity contribution is -0.157. The van der Waals surface area contributed by atoms with Gasteiger partial charge in [0.1, 0.15) is 11.5 Å². The van der Waals surface area contributed by atoms with Crippen LogP contribution in [0, 0.1) is 5.82 Å². The fourth-order valence-electron chi connectivity index (χ4n) is 2.89. The van der Waals surface area contributed by atoms with E-state index >= 15 is 0 Å². The minimum Gasteiger partial charge on any atom is -0.320 e. The number of nitrogens with zero attached hydrogens (tertiary/aromatic N) is 4. The molecule has 2 aromatic carbocycles. The fraction of sp³-hybridized carbons (Fsp3) is 0.105. The fourth-order valence-corrected chi connectivity index (χ4v) is 2.89. The van der Waals surface area contributed by atoms with Crippen molar-refractivity contribution in [1.82, 2.24) is 19.5 Å². The quantitative estimate of drug-likeness (QED) is 0.488. The highest BCUT2D eigenvalue weighted by atomic mass is 19.4. The molecule has 2 aliphatic rings. The van der Waals surface area contributed by atoms with Crippen LogP contribution in [0.3, 0.4) is 0 Å². The topological polar surface area (TPSA) is 43.6 Å². The molecule has 0 radical (unpaired) electrons. The predicted octanol–water partition coefficient (Wildman–Crippen LogP) is 4.74. The minimum absolute atomic E-state index is 0.0741. The maximum absolute atomic E-state index is 13.9. The molecule has 1 unspecified atom stereocenters. The van der Waals surface area contributed by atoms with Gasteiger partial charge in [-0.3, -0.25) is 0 Å². The van der Waals surface area contributed by atoms with E-state index in [1.807, 2.05) is 0 Å². The summed E-state index contributed by atoms with van der Waals surface area (Å²) in [6, 6.07) is 11.5. The molecular formula is C19H12F4N4. The SMILES string of the molecule is Fc1ccccc1-c1nc2cn(C(c3ccccc3)C(F)(F)F)cnc-2n1. The van der Waals surface area contributed by atoms with E-state index < -0.39 is 18.0 Å². The van der Waals surface area contributed by atoms with Gasteiger partial charge in [0, 0.05) is 6.20 Å². The molecule has 0 aliphatic carbocycles. The molecule has 0 aromatic heterocycles. The van der Waals surface area contributed by atoms with E-state index in [1.54, 1.807) is 24.3 Å². The van der Waals surface area contributed by atoms with Crippen molar-refractivity contribution in [2.75, 3.05) is 0 Å². The van der Waals surface area contributed by atoms with Gasteiger partial charge in [-0.2, -0.15) is 13.2 Å². The van der Waals surface area contributed by atoms with Crippen LogP contribution in [0.15, 0.2) is 67.1 Å². The number of hydrogen-bond donors (Lipinski definition) is 0. The second-order valence-electron chi connectivity index (χ2n) is 5.91. The molecular weight excluding hydrogens is 360 g/mol. The first-order valence-electron chi connectivity index (χ1n) is 8.01. The van der Waals surface area contributed by atoms with Gasteiger partial charge in [0.25, 0.3) is 0 Å². The van der Waals surface area contributed by atoms with Gasteiger partial charge in [0.05, 0.1) is 11.9 Å². The Kier molecular flexibility index (Phi) is 4.10. The number of aromatic nitrogens is 4. The van der Waals surface area contributed by atoms with Gasteiger partial charge in [0.15, 0.2) is 17.7 Å². The molecule has 136 valence electrons. The van der Waals surface area contributed by atoms with Crippen molar-refractivity contribution in [3.8, 4) is 22.9 Å². The standard InChI is InChI=1S/C19H12F4N4/c20-14-9-5-4-8-13(14)17-25-15-10-27(11-24-18(15)26-17)16(19(21,22)23)12-6-2-1-3-7-12/h1-11,16H. The highest BCUT2D eigenvalue weighted by Crippen LogP contribution is 2.37. The molecule has 0 saturated carbocycles. The Morgan fingerprint density at radius 1 is 0.852 bits per heavy atom. The number of halogens is 4. The second-order valence-corrected chi connectivity index (χ2v) is 5.91. The normalized spacial score (nSPS) is 13.0. The van der Waals surface area contributed by atoms with Crippen molar-refractivity contribution in [2.45, 2.75) is 12.2 Å². The van der Waals surface area contributed by atoms with Crippen molar-refractivity contribution in [3.05, 3.63) is 78.5 Å². The van der Waals surface area contributed by atoms with Crippen LogP contribution in [0.5, 0.6) is 0 Å². The lowest BCUT2D eigenvalue weighted by Gasteiger charge is -2.23. The molecule has 1 atom stereocenters. The van der Waals surface area contributed by atoms with E-state index in [0.717, 1.165) is 10.9 Å². The summed E-state index contributed by atoms with van der Waals surface area (Å²) in [5.74, 6) is -0.284. The van der Waals surface area contributed by atoms with Crippen LogP contribution in [0.25, 0.3) is 22.9 Å². The van der Waals surface area contributed by atoms with E-state index in [0.29, 0.717) is 0 Å². The van der Waals surface area contributed by atoms with Gasteiger partial charge in [-0.25, -0.2) is 19.3 Å². The number of alkyl halides is 3. The second kappa shape index (κ2) is 6.46. The van der Waals surface area contributed by atoms with Crippen LogP contribution in [0.1, 0.15) is 11.6 Å². The lowest BCUT2D eigenvalue weighted by Crippen LogP contribution is -2.28. The van der Waals surface area contributed by atoms with E-state index in [9.17, 15) is 17.6 Å². The van der Waals surface area contributed by atoms with Crippen molar-refractivity contribution < 1.29 is 17.6 Å². The van der Waals surface area contributed by atoms with Crippen LogP contribution in [-0.4, -0.2) is 25.7 Å². The third-order valence-corrected chi connectivity index (χ3v) is 4.09. The summed E-state index contributed by atoms with van der Waals surface area (Å²) in [5.41, 5.74) is 0.392. The van der Waals surface area contributed by atoms with Gasteiger partial charge in [-0.05, 0) is 17.7 Å². The van der Waals surface area contributed by atoms with Crippen LogP contribution in [-0.2, 0) is 0 Å². The summed E-state index contributed by atoms with van der Waals surface area (Å²) in [4.78, 5) is 12.3. The summed E-state index contributed by atoms with van der Waals surface area (Å²) < 4.78 is 55.9. The van der Waals surface area contributed by atoms with Gasteiger partial charge in [-0.15, -0.1) is 0 Å². The predicted molar refractivity (Wildman–Crippen MR) is 90.5 cm³/mol. The summed E-state index contributed by atoms with van der Waals surface area (Å²) in [5, 5.41) is 0. The molecule has 8 heteroatoms. The molecule has 2 aromatic rings. The molecule has 2 aliphatic heterocycles. The average molecular weight is 372 g/mol. The molecule has 0 bridgehead atoms. The summed E-state index contributed by atoms with van der Waals surface area (Å²) in [7, 11) is 0. The summed E-state index contributed by atoms with van der Waals surface area (Å²) in [6.45, 7) is 0. The Balaban J connectivity index is 1.81. The Morgan fingerprint density at radius 3 is 2.26 bits per heavy atom. The molecule has 4 rings (SSSR count). The Hall–Kier alpha value is -3.29. The zero-order valence-corrected chi connectivity index (χ0v) is 13.7. The highest BCUT2D eigenvalue weighted by Gasteiger charge is 2.42. The molecule has 0 spiro atoms. The van der Waals surface area contributed by atoms with Gasteiger partial charge in [-0.1, -0.05) is 42.5 Å².